The maximum absolute atomic E-state index is 12.9. The number of anilines is 1. The van der Waals surface area contributed by atoms with Crippen LogP contribution in [-0.4, -0.2) is 110 Å². The fourth-order valence-corrected chi connectivity index (χ4v) is 6.69. The van der Waals surface area contributed by atoms with Gasteiger partial charge in [-0.3, -0.25) is 19.7 Å². The van der Waals surface area contributed by atoms with Crippen molar-refractivity contribution >= 4 is 29.5 Å². The number of ether oxygens (including phenoxy) is 1. The Labute approximate surface area is 316 Å². The molecule has 1 heterocycles. The van der Waals surface area contributed by atoms with E-state index in [-0.39, 0.29) is 23.8 Å². The summed E-state index contributed by atoms with van der Waals surface area (Å²) >= 11 is 0. The van der Waals surface area contributed by atoms with Gasteiger partial charge >= 0.3 is 6.09 Å². The Morgan fingerprint density at radius 1 is 0.774 bits per heavy atom. The number of piperidine rings is 1. The number of likely N-dealkylation sites (tertiary alicyclic amines) is 1. The lowest BCUT2D eigenvalue weighted by atomic mass is 9.99. The van der Waals surface area contributed by atoms with E-state index < -0.39 is 6.09 Å². The van der Waals surface area contributed by atoms with Crippen LogP contribution in [0.25, 0.3) is 11.1 Å². The van der Waals surface area contributed by atoms with Gasteiger partial charge in [-0.05, 0) is 80.3 Å². The molecule has 3 aromatic carbocycles. The quantitative estimate of drug-likeness (QED) is 0.139. The number of carbonyl (C=O) groups excluding carboxylic acids is 4. The topological polar surface area (TPSA) is 102 Å². The van der Waals surface area contributed by atoms with Gasteiger partial charge in [-0.15, -0.1) is 0 Å². The Morgan fingerprint density at radius 3 is 2.17 bits per heavy atom. The minimum Gasteiger partial charge on any atom is -0.446 e. The van der Waals surface area contributed by atoms with Gasteiger partial charge in [0.15, 0.2) is 0 Å². The van der Waals surface area contributed by atoms with E-state index in [1.165, 1.54) is 5.56 Å². The normalized spacial score (nSPS) is 13.3. The molecule has 1 N–H and O–H groups in total. The molecule has 1 aliphatic rings. The maximum Gasteiger partial charge on any atom is 0.411 e. The lowest BCUT2D eigenvalue weighted by Crippen LogP contribution is -2.42. The summed E-state index contributed by atoms with van der Waals surface area (Å²) in [5.41, 5.74) is 5.79. The Balaban J connectivity index is 1.05. The van der Waals surface area contributed by atoms with Gasteiger partial charge in [0.1, 0.15) is 6.10 Å². The van der Waals surface area contributed by atoms with E-state index in [0.29, 0.717) is 31.6 Å². The van der Waals surface area contributed by atoms with Gasteiger partial charge < -0.3 is 24.3 Å². The van der Waals surface area contributed by atoms with Gasteiger partial charge in [-0.2, -0.15) is 0 Å². The monoisotopic (exact) mass is 725 g/mol. The molecular formula is C43H59N5O5. The zero-order chi connectivity index (χ0) is 38.2. The first-order valence-corrected chi connectivity index (χ1v) is 19.2. The molecule has 1 saturated heterocycles. The van der Waals surface area contributed by atoms with Crippen molar-refractivity contribution in [3.8, 4) is 11.1 Å². The van der Waals surface area contributed by atoms with E-state index >= 15 is 0 Å². The summed E-state index contributed by atoms with van der Waals surface area (Å²) in [6.07, 6.45) is 7.23. The number of carbonyl (C=O) groups is 4. The number of nitrogens with zero attached hydrogens (tertiary/aromatic N) is 4. The van der Waals surface area contributed by atoms with Crippen molar-refractivity contribution in [2.75, 3.05) is 65.7 Å². The fraction of sp³-hybridized carbons (Fsp3) is 0.488. The van der Waals surface area contributed by atoms with Gasteiger partial charge in [-0.1, -0.05) is 67.4 Å². The Morgan fingerprint density at radius 2 is 1.45 bits per heavy atom. The number of likely N-dealkylation sites (N-methyl/N-ethyl adjacent to an activating group) is 1. The lowest BCUT2D eigenvalue weighted by Gasteiger charge is -2.32. The van der Waals surface area contributed by atoms with Gasteiger partial charge in [0.2, 0.25) is 11.8 Å². The zero-order valence-corrected chi connectivity index (χ0v) is 32.4. The van der Waals surface area contributed by atoms with Crippen LogP contribution in [0, 0.1) is 6.92 Å². The fourth-order valence-electron chi connectivity index (χ4n) is 6.69. The molecule has 0 aliphatic carbocycles. The Kier molecular flexibility index (Phi) is 16.4. The number of rotatable bonds is 18. The van der Waals surface area contributed by atoms with E-state index in [1.54, 1.807) is 30.8 Å². The van der Waals surface area contributed by atoms with Gasteiger partial charge in [0.25, 0.3) is 5.91 Å². The third-order valence-electron chi connectivity index (χ3n) is 10.3. The SMILES string of the molecule is CC(=O)N(C)CCCN(C)C(=O)c1ccc(CCCCCCC(=O)N(C)CCN2CCC(OC(=O)Nc3ccccc3-c3ccccc3)CC2)c(C)c1. The van der Waals surface area contributed by atoms with Crippen LogP contribution >= 0.6 is 0 Å². The van der Waals surface area contributed by atoms with E-state index in [1.807, 2.05) is 78.7 Å². The van der Waals surface area contributed by atoms with Crippen molar-refractivity contribution in [3.05, 3.63) is 89.5 Å². The summed E-state index contributed by atoms with van der Waals surface area (Å²) in [5, 5.41) is 2.94. The smallest absolute Gasteiger partial charge is 0.411 e. The second-order valence-corrected chi connectivity index (χ2v) is 14.4. The molecule has 1 aliphatic heterocycles. The van der Waals surface area contributed by atoms with Crippen LogP contribution in [0.3, 0.4) is 0 Å². The standard InChI is InChI=1S/C43H59N5O5/c1-33-32-37(42(51)47(5)27-15-26-45(3)34(2)49)23-22-35(33)16-9-6-7-12-21-41(50)46(4)30-31-48-28-24-38(25-29-48)53-43(52)44-40-20-14-13-19-39(40)36-17-10-8-11-18-36/h8,10-11,13-14,17-20,22-23,32,38H,6-7,9,12,15-16,21,24-31H2,1-5H3,(H,44,52). The van der Waals surface area contributed by atoms with Crippen molar-refractivity contribution < 1.29 is 23.9 Å². The number of amides is 4. The zero-order valence-electron chi connectivity index (χ0n) is 32.4. The van der Waals surface area contributed by atoms with Crippen molar-refractivity contribution in [3.63, 3.8) is 0 Å². The number of benzene rings is 3. The molecule has 0 bridgehead atoms. The second-order valence-electron chi connectivity index (χ2n) is 14.4. The molecule has 53 heavy (non-hydrogen) atoms. The predicted molar refractivity (Wildman–Crippen MR) is 212 cm³/mol. The highest BCUT2D eigenvalue weighted by atomic mass is 16.6. The van der Waals surface area contributed by atoms with Crippen LogP contribution in [0.5, 0.6) is 0 Å². The summed E-state index contributed by atoms with van der Waals surface area (Å²) in [7, 11) is 5.47. The number of unbranched alkanes of at least 4 members (excludes halogenated alkanes) is 3. The lowest BCUT2D eigenvalue weighted by molar-refractivity contribution is -0.130. The highest BCUT2D eigenvalue weighted by molar-refractivity contribution is 5.94. The molecule has 4 amide bonds. The number of hydrogen-bond donors (Lipinski definition) is 1. The van der Waals surface area contributed by atoms with Crippen molar-refractivity contribution in [2.45, 2.75) is 77.7 Å². The largest absolute Gasteiger partial charge is 0.446 e. The van der Waals surface area contributed by atoms with Gasteiger partial charge in [0, 0.05) is 84.9 Å². The average Bonchev–Trinajstić information content (AvgIpc) is 3.16. The minimum atomic E-state index is -0.429. The maximum atomic E-state index is 12.9. The summed E-state index contributed by atoms with van der Waals surface area (Å²) in [6.45, 7) is 7.99. The number of para-hydroxylation sites is 1. The third-order valence-corrected chi connectivity index (χ3v) is 10.3. The van der Waals surface area contributed by atoms with Gasteiger partial charge in [-0.25, -0.2) is 4.79 Å². The first-order valence-electron chi connectivity index (χ1n) is 19.2. The molecule has 1 fully saturated rings. The summed E-state index contributed by atoms with van der Waals surface area (Å²) in [6, 6.07) is 23.7. The van der Waals surface area contributed by atoms with Gasteiger partial charge in [0.05, 0.1) is 5.69 Å². The van der Waals surface area contributed by atoms with Crippen molar-refractivity contribution in [1.29, 1.82) is 0 Å². The van der Waals surface area contributed by atoms with Crippen LogP contribution in [-0.2, 0) is 20.7 Å². The molecule has 0 aromatic heterocycles. The van der Waals surface area contributed by atoms with Crippen LogP contribution < -0.4 is 5.32 Å². The van der Waals surface area contributed by atoms with Crippen molar-refractivity contribution in [1.82, 2.24) is 19.6 Å². The Bertz CT molecular complexity index is 1640. The molecule has 3 aromatic rings. The Hall–Kier alpha value is -4.70. The van der Waals surface area contributed by atoms with Crippen LogP contribution in [0.2, 0.25) is 0 Å². The average molecular weight is 726 g/mol. The van der Waals surface area contributed by atoms with E-state index in [0.717, 1.165) is 93.4 Å². The molecule has 0 saturated carbocycles. The third kappa shape index (κ3) is 13.3. The van der Waals surface area contributed by atoms with E-state index in [4.69, 9.17) is 4.74 Å². The molecule has 0 unspecified atom stereocenters. The molecule has 0 spiro atoms. The molecule has 10 nitrogen and oxygen atoms in total. The van der Waals surface area contributed by atoms with E-state index in [9.17, 15) is 19.2 Å². The van der Waals surface area contributed by atoms with Crippen LogP contribution in [0.15, 0.2) is 72.8 Å². The van der Waals surface area contributed by atoms with E-state index in [2.05, 4.69) is 23.2 Å². The number of aryl methyl sites for hydroxylation is 2. The summed E-state index contributed by atoms with van der Waals surface area (Å²) in [4.78, 5) is 57.4. The molecule has 0 radical (unpaired) electrons. The summed E-state index contributed by atoms with van der Waals surface area (Å²) < 4.78 is 5.78. The minimum absolute atomic E-state index is 0.00217. The first kappa shape index (κ1) is 41.1. The highest BCUT2D eigenvalue weighted by Crippen LogP contribution is 2.28. The molecule has 4 rings (SSSR count). The number of nitrogens with one attached hydrogen (secondary N) is 1. The van der Waals surface area contributed by atoms with Crippen LogP contribution in [0.1, 0.15) is 79.8 Å². The summed E-state index contributed by atoms with van der Waals surface area (Å²) in [5.74, 6) is 0.209. The van der Waals surface area contributed by atoms with Crippen molar-refractivity contribution in [2.24, 2.45) is 0 Å². The molecular weight excluding hydrogens is 667 g/mol. The second kappa shape index (κ2) is 21.1. The highest BCUT2D eigenvalue weighted by Gasteiger charge is 2.23. The first-order chi connectivity index (χ1) is 25.5. The molecule has 0 atom stereocenters. The number of hydrogen-bond acceptors (Lipinski definition) is 6. The molecule has 286 valence electrons. The molecule has 10 heteroatoms. The van der Waals surface area contributed by atoms with Crippen LogP contribution in [0.4, 0.5) is 10.5 Å². The predicted octanol–water partition coefficient (Wildman–Crippen LogP) is 7.27.